The number of nitrogens with zero attached hydrogens (tertiary/aromatic N) is 1. The SMILES string of the molecule is O=[N+]([O-])c1ccc(S(=O)(=O)Nc2ccc(NS(=O)(=O)c3ccccc3)c(Cl)c2)cc1. The third-order valence-corrected chi connectivity index (χ3v) is 6.97. The highest BCUT2D eigenvalue weighted by Gasteiger charge is 2.18. The Kier molecular flexibility index (Phi) is 5.97. The molecule has 2 N–H and O–H groups in total. The third-order valence-electron chi connectivity index (χ3n) is 3.88. The molecule has 12 heteroatoms. The van der Waals surface area contributed by atoms with Gasteiger partial charge >= 0.3 is 0 Å². The zero-order valence-corrected chi connectivity index (χ0v) is 17.4. The normalized spacial score (nSPS) is 11.6. The van der Waals surface area contributed by atoms with Crippen LogP contribution < -0.4 is 9.44 Å². The minimum atomic E-state index is -4.03. The van der Waals surface area contributed by atoms with E-state index in [1.807, 2.05) is 0 Å². The lowest BCUT2D eigenvalue weighted by atomic mass is 10.3. The van der Waals surface area contributed by atoms with Gasteiger partial charge in [0.2, 0.25) is 0 Å². The van der Waals surface area contributed by atoms with E-state index < -0.39 is 25.0 Å². The molecular weight excluding hydrogens is 454 g/mol. The van der Waals surface area contributed by atoms with E-state index in [4.69, 9.17) is 11.6 Å². The predicted octanol–water partition coefficient (Wildman–Crippen LogP) is 3.85. The lowest BCUT2D eigenvalue weighted by molar-refractivity contribution is -0.384. The molecule has 30 heavy (non-hydrogen) atoms. The van der Waals surface area contributed by atoms with Crippen LogP contribution in [-0.4, -0.2) is 21.8 Å². The quantitative estimate of drug-likeness (QED) is 0.400. The van der Waals surface area contributed by atoms with Gasteiger partial charge in [-0.1, -0.05) is 29.8 Å². The zero-order chi connectivity index (χ0) is 21.9. The Labute approximate surface area is 177 Å². The fraction of sp³-hybridized carbons (Fsp3) is 0. The van der Waals surface area contributed by atoms with Crippen LogP contribution in [0.25, 0.3) is 0 Å². The Balaban J connectivity index is 1.80. The van der Waals surface area contributed by atoms with E-state index in [9.17, 15) is 26.9 Å². The van der Waals surface area contributed by atoms with E-state index in [0.29, 0.717) is 0 Å². The molecule has 156 valence electrons. The fourth-order valence-electron chi connectivity index (χ4n) is 2.43. The highest BCUT2D eigenvalue weighted by molar-refractivity contribution is 7.93. The number of halogens is 1. The molecule has 9 nitrogen and oxygen atoms in total. The summed E-state index contributed by atoms with van der Waals surface area (Å²) in [7, 11) is -7.90. The van der Waals surface area contributed by atoms with E-state index in [0.717, 1.165) is 24.3 Å². The molecule has 3 aromatic rings. The Morgan fingerprint density at radius 3 is 1.90 bits per heavy atom. The first-order valence-corrected chi connectivity index (χ1v) is 11.6. The van der Waals surface area contributed by atoms with Crippen LogP contribution >= 0.6 is 11.6 Å². The average Bonchev–Trinajstić information content (AvgIpc) is 2.70. The fourth-order valence-corrected chi connectivity index (χ4v) is 4.86. The summed E-state index contributed by atoms with van der Waals surface area (Å²) in [6.45, 7) is 0. The Hall–Kier alpha value is -3.15. The van der Waals surface area contributed by atoms with Crippen molar-refractivity contribution in [1.29, 1.82) is 0 Å². The highest BCUT2D eigenvalue weighted by Crippen LogP contribution is 2.29. The van der Waals surface area contributed by atoms with E-state index >= 15 is 0 Å². The molecular formula is C18H14ClN3O6S2. The second-order valence-electron chi connectivity index (χ2n) is 5.97. The van der Waals surface area contributed by atoms with Gasteiger partial charge in [0.15, 0.2) is 0 Å². The molecule has 0 aliphatic carbocycles. The number of non-ortho nitro benzene ring substituents is 1. The largest absolute Gasteiger partial charge is 0.280 e. The van der Waals surface area contributed by atoms with Gasteiger partial charge in [-0.2, -0.15) is 0 Å². The first-order chi connectivity index (χ1) is 14.1. The van der Waals surface area contributed by atoms with Crippen LogP contribution in [0.4, 0.5) is 17.1 Å². The summed E-state index contributed by atoms with van der Waals surface area (Å²) in [5.74, 6) is 0. The number of nitrogens with one attached hydrogen (secondary N) is 2. The number of anilines is 2. The number of sulfonamides is 2. The van der Waals surface area contributed by atoms with Crippen LogP contribution in [0.15, 0.2) is 82.6 Å². The van der Waals surface area contributed by atoms with E-state index in [1.165, 1.54) is 30.3 Å². The van der Waals surface area contributed by atoms with Crippen LogP contribution in [0.5, 0.6) is 0 Å². The second-order valence-corrected chi connectivity index (χ2v) is 9.74. The molecule has 0 amide bonds. The van der Waals surface area contributed by atoms with Gasteiger partial charge in [-0.15, -0.1) is 0 Å². The van der Waals surface area contributed by atoms with Gasteiger partial charge in [0.05, 0.1) is 31.1 Å². The number of rotatable bonds is 7. The minimum absolute atomic E-state index is 0.0293. The molecule has 0 aliphatic rings. The number of nitro benzene ring substituents is 1. The van der Waals surface area contributed by atoms with Crippen molar-refractivity contribution in [3.63, 3.8) is 0 Å². The average molecular weight is 468 g/mol. The number of nitro groups is 1. The summed E-state index contributed by atoms with van der Waals surface area (Å²) in [5.41, 5.74) is -0.0909. The Morgan fingerprint density at radius 1 is 0.767 bits per heavy atom. The van der Waals surface area contributed by atoms with Crippen LogP contribution in [-0.2, 0) is 20.0 Å². The smallest absolute Gasteiger partial charge is 0.269 e. The summed E-state index contributed by atoms with van der Waals surface area (Å²) in [4.78, 5) is 9.91. The first-order valence-electron chi connectivity index (χ1n) is 8.23. The van der Waals surface area contributed by atoms with Crippen LogP contribution in [0, 0.1) is 10.1 Å². The summed E-state index contributed by atoms with van der Waals surface area (Å²) in [5, 5.41) is 10.7. The molecule has 0 aromatic heterocycles. The lowest BCUT2D eigenvalue weighted by Crippen LogP contribution is -2.14. The Morgan fingerprint density at radius 2 is 1.33 bits per heavy atom. The standard InChI is InChI=1S/C18H14ClN3O6S2/c19-17-12-13(20-29(25,26)16-9-7-14(8-10-16)22(23)24)6-11-18(17)21-30(27,28)15-4-2-1-3-5-15/h1-12,20-21H. The van der Waals surface area contributed by atoms with Crippen molar-refractivity contribution in [2.24, 2.45) is 0 Å². The van der Waals surface area contributed by atoms with Gasteiger partial charge in [-0.25, -0.2) is 16.8 Å². The van der Waals surface area contributed by atoms with Gasteiger partial charge in [-0.3, -0.25) is 19.6 Å². The minimum Gasteiger partial charge on any atom is -0.280 e. The molecule has 0 saturated heterocycles. The highest BCUT2D eigenvalue weighted by atomic mass is 35.5. The van der Waals surface area contributed by atoms with E-state index in [2.05, 4.69) is 9.44 Å². The van der Waals surface area contributed by atoms with Crippen molar-refractivity contribution in [1.82, 2.24) is 0 Å². The van der Waals surface area contributed by atoms with Crippen molar-refractivity contribution in [3.8, 4) is 0 Å². The van der Waals surface area contributed by atoms with Crippen molar-refractivity contribution in [2.75, 3.05) is 9.44 Å². The molecule has 0 atom stereocenters. The lowest BCUT2D eigenvalue weighted by Gasteiger charge is -2.12. The number of benzene rings is 3. The predicted molar refractivity (Wildman–Crippen MR) is 113 cm³/mol. The van der Waals surface area contributed by atoms with Gasteiger partial charge in [0.25, 0.3) is 25.7 Å². The van der Waals surface area contributed by atoms with Gasteiger partial charge in [0, 0.05) is 12.1 Å². The molecule has 0 fully saturated rings. The molecule has 0 aliphatic heterocycles. The number of hydrogen-bond donors (Lipinski definition) is 2. The molecule has 0 spiro atoms. The van der Waals surface area contributed by atoms with Crippen molar-refractivity contribution in [2.45, 2.75) is 9.79 Å². The van der Waals surface area contributed by atoms with Gasteiger partial charge in [0.1, 0.15) is 0 Å². The van der Waals surface area contributed by atoms with E-state index in [-0.39, 0.29) is 31.9 Å². The third kappa shape index (κ3) is 4.87. The molecule has 0 saturated carbocycles. The second kappa shape index (κ2) is 8.30. The Bertz CT molecular complexity index is 1300. The molecule has 3 aromatic carbocycles. The maximum Gasteiger partial charge on any atom is 0.269 e. The van der Waals surface area contributed by atoms with E-state index in [1.54, 1.807) is 18.2 Å². The van der Waals surface area contributed by atoms with Gasteiger partial charge in [-0.05, 0) is 42.5 Å². The maximum absolute atomic E-state index is 12.5. The summed E-state index contributed by atoms with van der Waals surface area (Å²) in [6.07, 6.45) is 0. The summed E-state index contributed by atoms with van der Waals surface area (Å²) < 4.78 is 54.3. The van der Waals surface area contributed by atoms with Crippen molar-refractivity contribution >= 4 is 48.7 Å². The molecule has 0 unspecified atom stereocenters. The maximum atomic E-state index is 12.5. The summed E-state index contributed by atoms with van der Waals surface area (Å²) in [6, 6.07) is 15.9. The van der Waals surface area contributed by atoms with Crippen LogP contribution in [0.3, 0.4) is 0 Å². The molecule has 3 rings (SSSR count). The van der Waals surface area contributed by atoms with Crippen LogP contribution in [0.1, 0.15) is 0 Å². The first kappa shape index (κ1) is 21.6. The molecule has 0 radical (unpaired) electrons. The molecule has 0 bridgehead atoms. The summed E-state index contributed by atoms with van der Waals surface area (Å²) >= 11 is 6.12. The zero-order valence-electron chi connectivity index (χ0n) is 15.0. The van der Waals surface area contributed by atoms with Gasteiger partial charge < -0.3 is 0 Å². The molecule has 0 heterocycles. The monoisotopic (exact) mass is 467 g/mol. The topological polar surface area (TPSA) is 135 Å². The van der Waals surface area contributed by atoms with Crippen LogP contribution in [0.2, 0.25) is 5.02 Å². The number of hydrogen-bond acceptors (Lipinski definition) is 6. The van der Waals surface area contributed by atoms with Crippen molar-refractivity contribution < 1.29 is 21.8 Å². The van der Waals surface area contributed by atoms with Crippen molar-refractivity contribution in [3.05, 3.63) is 87.9 Å².